The Labute approximate surface area is 191 Å². The fourth-order valence-electron chi connectivity index (χ4n) is 3.04. The summed E-state index contributed by atoms with van der Waals surface area (Å²) in [5.41, 5.74) is 3.23. The molecule has 0 aliphatic heterocycles. The number of benzene rings is 2. The largest absolute Gasteiger partial charge is 0.356 e. The van der Waals surface area contributed by atoms with Crippen molar-refractivity contribution in [2.45, 2.75) is 32.1 Å². The summed E-state index contributed by atoms with van der Waals surface area (Å²) in [6, 6.07) is 18.4. The second kappa shape index (κ2) is 14.8. The van der Waals surface area contributed by atoms with Gasteiger partial charge in [0.05, 0.1) is 0 Å². The molecule has 0 fully saturated rings. The summed E-state index contributed by atoms with van der Waals surface area (Å²) in [6.07, 6.45) is 5.51. The molecule has 0 saturated heterocycles. The highest BCUT2D eigenvalue weighted by molar-refractivity contribution is 14.0. The van der Waals surface area contributed by atoms with E-state index in [1.54, 1.807) is 14.1 Å². The van der Waals surface area contributed by atoms with Gasteiger partial charge in [0.1, 0.15) is 0 Å². The lowest BCUT2D eigenvalue weighted by Crippen LogP contribution is -2.38. The minimum Gasteiger partial charge on any atom is -0.356 e. The highest BCUT2D eigenvalue weighted by Gasteiger charge is 2.04. The summed E-state index contributed by atoms with van der Waals surface area (Å²) in [5.74, 6) is 0.769. The SMILES string of the molecule is CN=C(NCCCCCc1ccccc1)NCCc1cccc(C(=O)NC)c1.I. The van der Waals surface area contributed by atoms with Crippen molar-refractivity contribution >= 4 is 35.8 Å². The molecule has 6 heteroatoms. The lowest BCUT2D eigenvalue weighted by molar-refractivity contribution is 0.0963. The number of aryl methyl sites for hydroxylation is 1. The van der Waals surface area contributed by atoms with Gasteiger partial charge >= 0.3 is 0 Å². The fourth-order valence-corrected chi connectivity index (χ4v) is 3.04. The van der Waals surface area contributed by atoms with Crippen molar-refractivity contribution in [2.24, 2.45) is 4.99 Å². The van der Waals surface area contributed by atoms with Gasteiger partial charge in [-0.25, -0.2) is 0 Å². The molecular weight excluding hydrogens is 475 g/mol. The second-order valence-electron chi connectivity index (χ2n) is 6.75. The van der Waals surface area contributed by atoms with Gasteiger partial charge in [-0.05, 0) is 48.9 Å². The smallest absolute Gasteiger partial charge is 0.251 e. The number of nitrogens with zero attached hydrogens (tertiary/aromatic N) is 1. The average Bonchev–Trinajstić information content (AvgIpc) is 2.75. The third kappa shape index (κ3) is 9.78. The minimum atomic E-state index is -0.0560. The van der Waals surface area contributed by atoms with Gasteiger partial charge in [0, 0.05) is 32.7 Å². The summed E-state index contributed by atoms with van der Waals surface area (Å²) in [5, 5.41) is 9.36. The lowest BCUT2D eigenvalue weighted by atomic mass is 10.1. The van der Waals surface area contributed by atoms with Gasteiger partial charge in [-0.3, -0.25) is 9.79 Å². The molecule has 1 amide bonds. The summed E-state index contributed by atoms with van der Waals surface area (Å²) in [6.45, 7) is 1.69. The zero-order chi connectivity index (χ0) is 20.0. The Hall–Kier alpha value is -2.09. The van der Waals surface area contributed by atoms with Gasteiger partial charge in [-0.15, -0.1) is 24.0 Å². The third-order valence-corrected chi connectivity index (χ3v) is 4.62. The van der Waals surface area contributed by atoms with E-state index < -0.39 is 0 Å². The van der Waals surface area contributed by atoms with Crippen molar-refractivity contribution in [3.05, 3.63) is 71.3 Å². The number of rotatable bonds is 10. The van der Waals surface area contributed by atoms with E-state index in [1.165, 1.54) is 18.4 Å². The molecule has 0 atom stereocenters. The minimum absolute atomic E-state index is 0. The number of hydrogen-bond acceptors (Lipinski definition) is 2. The van der Waals surface area contributed by atoms with E-state index in [2.05, 4.69) is 51.3 Å². The zero-order valence-electron chi connectivity index (χ0n) is 17.4. The average molecular weight is 508 g/mol. The Bertz CT molecular complexity index is 750. The normalized spacial score (nSPS) is 10.8. The lowest BCUT2D eigenvalue weighted by Gasteiger charge is -2.12. The molecule has 0 aliphatic carbocycles. The predicted octanol–water partition coefficient (Wildman–Crippen LogP) is 3.78. The summed E-state index contributed by atoms with van der Waals surface area (Å²) >= 11 is 0. The van der Waals surface area contributed by atoms with Crippen LogP contribution in [0.15, 0.2) is 59.6 Å². The molecule has 158 valence electrons. The van der Waals surface area contributed by atoms with Crippen LogP contribution >= 0.6 is 24.0 Å². The monoisotopic (exact) mass is 508 g/mol. The summed E-state index contributed by atoms with van der Waals surface area (Å²) in [7, 11) is 3.44. The third-order valence-electron chi connectivity index (χ3n) is 4.62. The van der Waals surface area contributed by atoms with Crippen LogP contribution in [-0.2, 0) is 12.8 Å². The van der Waals surface area contributed by atoms with Gasteiger partial charge in [0.2, 0.25) is 0 Å². The first-order chi connectivity index (χ1) is 13.7. The maximum Gasteiger partial charge on any atom is 0.251 e. The fraction of sp³-hybridized carbons (Fsp3) is 0.391. The first-order valence-electron chi connectivity index (χ1n) is 10.0. The van der Waals surface area contributed by atoms with Gasteiger partial charge in [-0.1, -0.05) is 48.9 Å². The van der Waals surface area contributed by atoms with Gasteiger partial charge < -0.3 is 16.0 Å². The van der Waals surface area contributed by atoms with E-state index in [-0.39, 0.29) is 29.9 Å². The van der Waals surface area contributed by atoms with Crippen molar-refractivity contribution in [1.29, 1.82) is 0 Å². The molecule has 29 heavy (non-hydrogen) atoms. The Morgan fingerprint density at radius 3 is 2.31 bits per heavy atom. The van der Waals surface area contributed by atoms with Crippen LogP contribution in [0.25, 0.3) is 0 Å². The number of carbonyl (C=O) groups excluding carboxylic acids is 1. The van der Waals surface area contributed by atoms with Crippen LogP contribution < -0.4 is 16.0 Å². The number of amides is 1. The number of aliphatic imine (C=N–C) groups is 1. The first-order valence-corrected chi connectivity index (χ1v) is 10.0. The second-order valence-corrected chi connectivity index (χ2v) is 6.75. The van der Waals surface area contributed by atoms with E-state index >= 15 is 0 Å². The molecule has 0 saturated carbocycles. The van der Waals surface area contributed by atoms with E-state index in [9.17, 15) is 4.79 Å². The standard InChI is InChI=1S/C23H32N4O.HI/c1-24-22(28)21-14-9-13-20(18-21)15-17-27-23(25-2)26-16-8-4-7-12-19-10-5-3-6-11-19;/h3,5-6,9-11,13-14,18H,4,7-8,12,15-17H2,1-2H3,(H,24,28)(H2,25,26,27);1H. The molecule has 5 nitrogen and oxygen atoms in total. The molecule has 0 radical (unpaired) electrons. The zero-order valence-corrected chi connectivity index (χ0v) is 19.7. The van der Waals surface area contributed by atoms with Gasteiger partial charge in [0.15, 0.2) is 5.96 Å². The van der Waals surface area contributed by atoms with Crippen LogP contribution in [0.4, 0.5) is 0 Å². The van der Waals surface area contributed by atoms with Crippen molar-refractivity contribution in [1.82, 2.24) is 16.0 Å². The highest BCUT2D eigenvalue weighted by atomic mass is 127. The van der Waals surface area contributed by atoms with E-state index in [4.69, 9.17) is 0 Å². The number of carbonyl (C=O) groups is 1. The van der Waals surface area contributed by atoms with E-state index in [0.29, 0.717) is 5.56 Å². The van der Waals surface area contributed by atoms with Crippen molar-refractivity contribution < 1.29 is 4.79 Å². The van der Waals surface area contributed by atoms with Gasteiger partial charge in [-0.2, -0.15) is 0 Å². The first kappa shape index (κ1) is 24.9. The number of unbranched alkanes of at least 4 members (excludes halogenated alkanes) is 2. The Kier molecular flexibility index (Phi) is 12.8. The Balaban J connectivity index is 0.00000420. The van der Waals surface area contributed by atoms with Crippen LogP contribution in [0.2, 0.25) is 0 Å². The molecule has 0 spiro atoms. The van der Waals surface area contributed by atoms with Crippen LogP contribution in [0, 0.1) is 0 Å². The molecule has 2 aromatic rings. The number of guanidine groups is 1. The van der Waals surface area contributed by atoms with Crippen LogP contribution in [0.1, 0.15) is 40.7 Å². The van der Waals surface area contributed by atoms with Crippen LogP contribution in [0.3, 0.4) is 0 Å². The number of nitrogens with one attached hydrogen (secondary N) is 3. The maximum absolute atomic E-state index is 11.7. The topological polar surface area (TPSA) is 65.5 Å². The van der Waals surface area contributed by atoms with E-state index in [1.807, 2.05) is 24.3 Å². The summed E-state index contributed by atoms with van der Waals surface area (Å²) < 4.78 is 0. The Morgan fingerprint density at radius 1 is 0.862 bits per heavy atom. The molecule has 0 aromatic heterocycles. The van der Waals surface area contributed by atoms with Crippen molar-refractivity contribution in [2.75, 3.05) is 27.2 Å². The molecular formula is C23H33IN4O. The molecule has 0 bridgehead atoms. The molecule has 0 aliphatic rings. The molecule has 2 rings (SSSR count). The highest BCUT2D eigenvalue weighted by Crippen LogP contribution is 2.06. The van der Waals surface area contributed by atoms with E-state index in [0.717, 1.165) is 43.9 Å². The van der Waals surface area contributed by atoms with Gasteiger partial charge in [0.25, 0.3) is 5.91 Å². The predicted molar refractivity (Wildman–Crippen MR) is 132 cm³/mol. The summed E-state index contributed by atoms with van der Waals surface area (Å²) in [4.78, 5) is 16.0. The maximum atomic E-state index is 11.7. The number of halogens is 1. The molecule has 3 N–H and O–H groups in total. The van der Waals surface area contributed by atoms with Crippen molar-refractivity contribution in [3.63, 3.8) is 0 Å². The molecule has 0 unspecified atom stereocenters. The quantitative estimate of drug-likeness (QED) is 0.198. The van der Waals surface area contributed by atoms with Crippen molar-refractivity contribution in [3.8, 4) is 0 Å². The van der Waals surface area contributed by atoms with Crippen LogP contribution in [-0.4, -0.2) is 39.1 Å². The van der Waals surface area contributed by atoms with Crippen LogP contribution in [0.5, 0.6) is 0 Å². The number of hydrogen-bond donors (Lipinski definition) is 3. The molecule has 2 aromatic carbocycles. The molecule has 0 heterocycles. The Morgan fingerprint density at radius 2 is 1.59 bits per heavy atom.